The minimum absolute atomic E-state index is 0.211. The van der Waals surface area contributed by atoms with Gasteiger partial charge in [0.1, 0.15) is 5.69 Å². The number of anilines is 2. The van der Waals surface area contributed by atoms with Crippen molar-refractivity contribution in [3.05, 3.63) is 77.6 Å². The quantitative estimate of drug-likeness (QED) is 0.404. The third-order valence-corrected chi connectivity index (χ3v) is 5.98. The van der Waals surface area contributed by atoms with Gasteiger partial charge in [0.05, 0.1) is 5.92 Å². The van der Waals surface area contributed by atoms with Crippen molar-refractivity contribution in [1.82, 2.24) is 4.98 Å². The third-order valence-electron chi connectivity index (χ3n) is 5.74. The zero-order valence-corrected chi connectivity index (χ0v) is 18.4. The van der Waals surface area contributed by atoms with Gasteiger partial charge in [0.25, 0.3) is 0 Å². The number of hydrogen-bond acceptors (Lipinski definition) is 4. The number of aliphatic carboxylic acids is 1. The summed E-state index contributed by atoms with van der Waals surface area (Å²) in [6.45, 7) is 0. The second-order valence-electron chi connectivity index (χ2n) is 7.95. The van der Waals surface area contributed by atoms with E-state index in [2.05, 4.69) is 15.6 Å². The number of nitrogens with one attached hydrogen (secondary N) is 2. The Bertz CT molecular complexity index is 1180. The van der Waals surface area contributed by atoms with E-state index >= 15 is 0 Å². The summed E-state index contributed by atoms with van der Waals surface area (Å²) < 4.78 is 0. The summed E-state index contributed by atoms with van der Waals surface area (Å²) in [5, 5.41) is 15.3. The second-order valence-corrected chi connectivity index (χ2v) is 8.38. The smallest absolute Gasteiger partial charge is 0.323 e. The lowest BCUT2D eigenvalue weighted by Crippen LogP contribution is -2.25. The van der Waals surface area contributed by atoms with Crippen molar-refractivity contribution in [1.29, 1.82) is 0 Å². The van der Waals surface area contributed by atoms with Crippen molar-refractivity contribution >= 4 is 40.8 Å². The molecule has 0 saturated heterocycles. The molecule has 7 nitrogen and oxygen atoms in total. The van der Waals surface area contributed by atoms with Gasteiger partial charge in [-0.15, -0.1) is 0 Å². The Morgan fingerprint density at radius 2 is 1.58 bits per heavy atom. The summed E-state index contributed by atoms with van der Waals surface area (Å²) in [6.07, 6.45) is 3.45. The fourth-order valence-electron chi connectivity index (χ4n) is 4.08. The molecule has 2 atom stereocenters. The number of carbonyl (C=O) groups is 3. The highest BCUT2D eigenvalue weighted by Gasteiger charge is 2.38. The number of amides is 2. The average molecular weight is 464 g/mol. The van der Waals surface area contributed by atoms with Crippen molar-refractivity contribution in [2.75, 3.05) is 10.6 Å². The van der Waals surface area contributed by atoms with Crippen LogP contribution < -0.4 is 10.6 Å². The van der Waals surface area contributed by atoms with E-state index in [0.29, 0.717) is 29.2 Å². The van der Waals surface area contributed by atoms with Crippen LogP contribution in [0.1, 0.15) is 29.8 Å². The van der Waals surface area contributed by atoms with Gasteiger partial charge in [-0.1, -0.05) is 42.3 Å². The van der Waals surface area contributed by atoms with E-state index in [9.17, 15) is 19.5 Å². The van der Waals surface area contributed by atoms with Crippen LogP contribution in [0.15, 0.2) is 66.9 Å². The molecule has 0 bridgehead atoms. The van der Waals surface area contributed by atoms with Crippen LogP contribution in [0.2, 0.25) is 5.02 Å². The number of carboxylic acid groups (broad SMARTS) is 1. The van der Waals surface area contributed by atoms with E-state index in [-0.39, 0.29) is 17.5 Å². The molecule has 3 aromatic rings. The van der Waals surface area contributed by atoms with Crippen LogP contribution in [0.4, 0.5) is 16.2 Å². The Morgan fingerprint density at radius 3 is 2.24 bits per heavy atom. The molecule has 0 spiro atoms. The zero-order chi connectivity index (χ0) is 23.4. The summed E-state index contributed by atoms with van der Waals surface area (Å²) in [4.78, 5) is 40.6. The van der Waals surface area contributed by atoms with Gasteiger partial charge in [0.2, 0.25) is 0 Å². The van der Waals surface area contributed by atoms with Crippen LogP contribution in [0.3, 0.4) is 0 Å². The average Bonchev–Trinajstić information content (AvgIpc) is 3.30. The number of nitrogens with zero attached hydrogens (tertiary/aromatic N) is 1. The Kier molecular flexibility index (Phi) is 6.70. The number of hydrogen-bond donors (Lipinski definition) is 3. The normalized spacial score (nSPS) is 17.4. The number of carbonyl (C=O) groups excluding carboxylic acids is 2. The number of ketones is 1. The summed E-state index contributed by atoms with van der Waals surface area (Å²) in [7, 11) is 0. The monoisotopic (exact) mass is 463 g/mol. The second kappa shape index (κ2) is 9.83. The van der Waals surface area contributed by atoms with Gasteiger partial charge >= 0.3 is 12.0 Å². The molecule has 0 aliphatic heterocycles. The van der Waals surface area contributed by atoms with Crippen LogP contribution in [0, 0.1) is 11.8 Å². The summed E-state index contributed by atoms with van der Waals surface area (Å²) in [5.41, 5.74) is 3.16. The lowest BCUT2D eigenvalue weighted by Gasteiger charge is -2.14. The van der Waals surface area contributed by atoms with E-state index < -0.39 is 17.8 Å². The Hall–Kier alpha value is -3.71. The summed E-state index contributed by atoms with van der Waals surface area (Å²) in [5.74, 6) is -2.27. The summed E-state index contributed by atoms with van der Waals surface area (Å²) >= 11 is 5.92. The van der Waals surface area contributed by atoms with E-state index in [0.717, 1.165) is 17.5 Å². The van der Waals surface area contributed by atoms with Gasteiger partial charge in [-0.05, 0) is 54.8 Å². The predicted octanol–water partition coefficient (Wildman–Crippen LogP) is 5.73. The molecule has 8 heteroatoms. The van der Waals surface area contributed by atoms with E-state index in [1.54, 1.807) is 54.7 Å². The first-order chi connectivity index (χ1) is 15.9. The highest BCUT2D eigenvalue weighted by molar-refractivity contribution is 6.30. The number of aromatic nitrogens is 1. The molecule has 33 heavy (non-hydrogen) atoms. The molecular formula is C25H22ClN3O4. The molecule has 1 aliphatic rings. The number of rotatable bonds is 6. The molecule has 2 amide bonds. The third kappa shape index (κ3) is 5.38. The van der Waals surface area contributed by atoms with Crippen LogP contribution in [-0.4, -0.2) is 27.9 Å². The molecule has 1 heterocycles. The van der Waals surface area contributed by atoms with Crippen molar-refractivity contribution in [3.8, 4) is 11.1 Å². The van der Waals surface area contributed by atoms with Gasteiger partial charge in [-0.3, -0.25) is 14.6 Å². The number of benzene rings is 2. The van der Waals surface area contributed by atoms with E-state index in [4.69, 9.17) is 11.6 Å². The van der Waals surface area contributed by atoms with Crippen LogP contribution in [0.5, 0.6) is 0 Å². The van der Waals surface area contributed by atoms with Gasteiger partial charge in [-0.25, -0.2) is 4.79 Å². The zero-order valence-electron chi connectivity index (χ0n) is 17.6. The molecule has 2 aromatic carbocycles. The SMILES string of the molecule is O=C(Nc1ccc(-c2ccc(C(=O)[C@@H]3CCC[C@H]3C(=O)O)nc2)cc1)Nc1cccc(Cl)c1. The van der Waals surface area contributed by atoms with Crippen molar-refractivity contribution in [2.24, 2.45) is 11.8 Å². The minimum atomic E-state index is -0.919. The standard InChI is InChI=1S/C25H22ClN3O4/c26-17-3-1-4-19(13-17)29-25(33)28-18-10-7-15(8-11-18)16-9-12-22(27-14-16)23(30)20-5-2-6-21(20)24(31)32/h1,3-4,7-14,20-21H,2,5-6H2,(H,31,32)(H2,28,29,33)/t20-,21-/m1/s1. The van der Waals surface area contributed by atoms with Gasteiger partial charge < -0.3 is 15.7 Å². The highest BCUT2D eigenvalue weighted by atomic mass is 35.5. The van der Waals surface area contributed by atoms with Crippen molar-refractivity contribution < 1.29 is 19.5 Å². The molecule has 0 radical (unpaired) electrons. The lowest BCUT2D eigenvalue weighted by molar-refractivity contribution is -0.142. The highest BCUT2D eigenvalue weighted by Crippen LogP contribution is 2.34. The maximum Gasteiger partial charge on any atom is 0.323 e. The molecule has 1 fully saturated rings. The fraction of sp³-hybridized carbons (Fsp3) is 0.200. The van der Waals surface area contributed by atoms with Crippen molar-refractivity contribution in [3.63, 3.8) is 0 Å². The van der Waals surface area contributed by atoms with Gasteiger partial charge in [0.15, 0.2) is 5.78 Å². The molecule has 1 saturated carbocycles. The van der Waals surface area contributed by atoms with Crippen molar-refractivity contribution in [2.45, 2.75) is 19.3 Å². The van der Waals surface area contributed by atoms with Crippen LogP contribution in [-0.2, 0) is 4.79 Å². The lowest BCUT2D eigenvalue weighted by atomic mass is 9.90. The molecule has 0 unspecified atom stereocenters. The minimum Gasteiger partial charge on any atom is -0.481 e. The summed E-state index contributed by atoms with van der Waals surface area (Å²) in [6, 6.07) is 17.1. The van der Waals surface area contributed by atoms with Gasteiger partial charge in [0, 0.05) is 34.1 Å². The Balaban J connectivity index is 1.39. The Morgan fingerprint density at radius 1 is 0.879 bits per heavy atom. The van der Waals surface area contributed by atoms with Gasteiger partial charge in [-0.2, -0.15) is 0 Å². The molecule has 3 N–H and O–H groups in total. The molecule has 1 aliphatic carbocycles. The number of halogens is 1. The van der Waals surface area contributed by atoms with E-state index in [1.807, 2.05) is 12.1 Å². The fourth-order valence-corrected chi connectivity index (χ4v) is 4.27. The molecule has 1 aromatic heterocycles. The molecule has 4 rings (SSSR count). The number of pyridine rings is 1. The first-order valence-corrected chi connectivity index (χ1v) is 11.0. The molecular weight excluding hydrogens is 442 g/mol. The largest absolute Gasteiger partial charge is 0.481 e. The first-order valence-electron chi connectivity index (χ1n) is 10.6. The van der Waals surface area contributed by atoms with E-state index in [1.165, 1.54) is 0 Å². The number of Topliss-reactive ketones (excluding diaryl/α,β-unsaturated/α-hetero) is 1. The Labute approximate surface area is 195 Å². The predicted molar refractivity (Wildman–Crippen MR) is 127 cm³/mol. The maximum atomic E-state index is 12.7. The first kappa shape index (κ1) is 22.5. The number of carboxylic acids is 1. The van der Waals surface area contributed by atoms with Crippen LogP contribution in [0.25, 0.3) is 11.1 Å². The topological polar surface area (TPSA) is 108 Å². The van der Waals surface area contributed by atoms with Crippen LogP contribution >= 0.6 is 11.6 Å². The number of urea groups is 1. The molecule has 168 valence electrons. The maximum absolute atomic E-state index is 12.7.